The maximum atomic E-state index is 11.9. The molecular formula is C8H6BrN3OS. The monoisotopic (exact) mass is 271 g/mol. The molecule has 0 radical (unpaired) electrons. The van der Waals surface area contributed by atoms with Gasteiger partial charge >= 0.3 is 0 Å². The first kappa shape index (κ1) is 9.54. The third kappa shape index (κ3) is 1.51. The molecule has 0 spiro atoms. The van der Waals surface area contributed by atoms with E-state index in [9.17, 15) is 4.79 Å². The summed E-state index contributed by atoms with van der Waals surface area (Å²) in [5, 5.41) is 5.71. The van der Waals surface area contributed by atoms with E-state index in [0.717, 1.165) is 4.47 Å². The molecule has 0 aliphatic carbocycles. The second-order valence-electron chi connectivity index (χ2n) is 2.63. The number of carbonyl (C=O) groups excluding carboxylic acids is 1. The number of ketones is 1. The van der Waals surface area contributed by atoms with Crippen LogP contribution in [0.4, 0.5) is 0 Å². The Kier molecular flexibility index (Phi) is 2.47. The van der Waals surface area contributed by atoms with E-state index < -0.39 is 0 Å². The van der Waals surface area contributed by atoms with Crippen LogP contribution < -0.4 is 0 Å². The SMILES string of the molecule is Cn1ncnc1C(=O)c1sccc1Br. The third-order valence-electron chi connectivity index (χ3n) is 1.74. The van der Waals surface area contributed by atoms with Crippen LogP contribution in [0.3, 0.4) is 0 Å². The maximum absolute atomic E-state index is 11.9. The fraction of sp³-hybridized carbons (Fsp3) is 0.125. The number of aryl methyl sites for hydroxylation is 1. The van der Waals surface area contributed by atoms with Crippen LogP contribution in [0.25, 0.3) is 0 Å². The second kappa shape index (κ2) is 3.62. The van der Waals surface area contributed by atoms with Crippen molar-refractivity contribution in [2.24, 2.45) is 7.05 Å². The fourth-order valence-electron chi connectivity index (χ4n) is 1.06. The van der Waals surface area contributed by atoms with E-state index in [2.05, 4.69) is 26.0 Å². The summed E-state index contributed by atoms with van der Waals surface area (Å²) in [7, 11) is 1.70. The summed E-state index contributed by atoms with van der Waals surface area (Å²) >= 11 is 4.70. The van der Waals surface area contributed by atoms with Crippen molar-refractivity contribution in [2.75, 3.05) is 0 Å². The summed E-state index contributed by atoms with van der Waals surface area (Å²) in [6.07, 6.45) is 1.37. The van der Waals surface area contributed by atoms with Gasteiger partial charge in [-0.05, 0) is 27.4 Å². The number of thiophene rings is 1. The van der Waals surface area contributed by atoms with Gasteiger partial charge in [0.05, 0.1) is 4.88 Å². The summed E-state index contributed by atoms with van der Waals surface area (Å²) in [6, 6.07) is 1.84. The minimum absolute atomic E-state index is 0.105. The maximum Gasteiger partial charge on any atom is 0.241 e. The highest BCUT2D eigenvalue weighted by Gasteiger charge is 2.18. The molecule has 2 heterocycles. The van der Waals surface area contributed by atoms with Crippen LogP contribution in [0.2, 0.25) is 0 Å². The lowest BCUT2D eigenvalue weighted by atomic mass is 10.3. The van der Waals surface area contributed by atoms with Gasteiger partial charge in [-0.25, -0.2) is 9.67 Å². The topological polar surface area (TPSA) is 47.8 Å². The zero-order chi connectivity index (χ0) is 10.1. The molecule has 2 rings (SSSR count). The highest BCUT2D eigenvalue weighted by molar-refractivity contribution is 9.10. The number of hydrogen-bond donors (Lipinski definition) is 0. The van der Waals surface area contributed by atoms with E-state index in [4.69, 9.17) is 0 Å². The minimum Gasteiger partial charge on any atom is -0.284 e. The second-order valence-corrected chi connectivity index (χ2v) is 4.40. The quantitative estimate of drug-likeness (QED) is 0.784. The summed E-state index contributed by atoms with van der Waals surface area (Å²) < 4.78 is 2.27. The molecule has 0 saturated carbocycles. The zero-order valence-electron chi connectivity index (χ0n) is 7.27. The van der Waals surface area contributed by atoms with Gasteiger partial charge in [0.2, 0.25) is 5.78 Å². The van der Waals surface area contributed by atoms with Gasteiger partial charge in [0, 0.05) is 11.5 Å². The van der Waals surface area contributed by atoms with E-state index in [0.29, 0.717) is 10.7 Å². The highest BCUT2D eigenvalue weighted by atomic mass is 79.9. The molecule has 0 aliphatic heterocycles. The molecule has 0 atom stereocenters. The Labute approximate surface area is 92.7 Å². The van der Waals surface area contributed by atoms with E-state index >= 15 is 0 Å². The molecule has 2 aromatic rings. The number of carbonyl (C=O) groups is 1. The largest absolute Gasteiger partial charge is 0.284 e. The van der Waals surface area contributed by atoms with Crippen molar-refractivity contribution in [3.05, 3.63) is 32.9 Å². The van der Waals surface area contributed by atoms with E-state index in [1.165, 1.54) is 22.3 Å². The van der Waals surface area contributed by atoms with Crippen molar-refractivity contribution < 1.29 is 4.79 Å². The molecule has 0 fully saturated rings. The number of aromatic nitrogens is 3. The predicted octanol–water partition coefficient (Wildman–Crippen LogP) is 1.87. The summed E-state index contributed by atoms with van der Waals surface area (Å²) in [5.41, 5.74) is 0. The van der Waals surface area contributed by atoms with E-state index in [1.54, 1.807) is 7.05 Å². The van der Waals surface area contributed by atoms with Crippen LogP contribution in [-0.2, 0) is 7.05 Å². The third-order valence-corrected chi connectivity index (χ3v) is 3.57. The van der Waals surface area contributed by atoms with Crippen LogP contribution in [0, 0.1) is 0 Å². The molecule has 72 valence electrons. The smallest absolute Gasteiger partial charge is 0.241 e. The number of halogens is 1. The van der Waals surface area contributed by atoms with Crippen LogP contribution in [-0.4, -0.2) is 20.5 Å². The van der Waals surface area contributed by atoms with Crippen molar-refractivity contribution in [3.8, 4) is 0 Å². The molecule has 0 bridgehead atoms. The zero-order valence-corrected chi connectivity index (χ0v) is 9.67. The van der Waals surface area contributed by atoms with Crippen LogP contribution in [0.15, 0.2) is 22.2 Å². The Bertz CT molecular complexity index is 434. The average molecular weight is 272 g/mol. The van der Waals surface area contributed by atoms with Crippen molar-refractivity contribution in [2.45, 2.75) is 0 Å². The van der Waals surface area contributed by atoms with Gasteiger partial charge in [0.15, 0.2) is 5.82 Å². The van der Waals surface area contributed by atoms with Gasteiger partial charge in [-0.15, -0.1) is 11.3 Å². The predicted molar refractivity (Wildman–Crippen MR) is 56.5 cm³/mol. The molecule has 2 aromatic heterocycles. The Morgan fingerprint density at radius 1 is 1.64 bits per heavy atom. The molecule has 14 heavy (non-hydrogen) atoms. The standard InChI is InChI=1S/C8H6BrN3OS/c1-12-8(10-4-11-12)6(13)7-5(9)2-3-14-7/h2-4H,1H3. The Balaban J connectivity index is 2.44. The first-order valence-electron chi connectivity index (χ1n) is 3.82. The van der Waals surface area contributed by atoms with Crippen LogP contribution >= 0.6 is 27.3 Å². The lowest BCUT2D eigenvalue weighted by molar-refractivity contribution is 0.102. The Morgan fingerprint density at radius 2 is 2.43 bits per heavy atom. The number of rotatable bonds is 2. The van der Waals surface area contributed by atoms with Crippen molar-refractivity contribution in [1.29, 1.82) is 0 Å². The summed E-state index contributed by atoms with van der Waals surface area (Å²) in [5.74, 6) is 0.250. The van der Waals surface area contributed by atoms with E-state index in [1.807, 2.05) is 11.4 Å². The molecule has 0 aliphatic rings. The Morgan fingerprint density at radius 3 is 2.93 bits per heavy atom. The first-order valence-corrected chi connectivity index (χ1v) is 5.49. The average Bonchev–Trinajstić information content (AvgIpc) is 2.73. The molecular weight excluding hydrogens is 266 g/mol. The van der Waals surface area contributed by atoms with Crippen molar-refractivity contribution >= 4 is 33.0 Å². The van der Waals surface area contributed by atoms with Crippen molar-refractivity contribution in [3.63, 3.8) is 0 Å². The summed E-state index contributed by atoms with van der Waals surface area (Å²) in [4.78, 5) is 16.4. The van der Waals surface area contributed by atoms with Crippen LogP contribution in [0.5, 0.6) is 0 Å². The van der Waals surface area contributed by atoms with E-state index in [-0.39, 0.29) is 5.78 Å². The lowest BCUT2D eigenvalue weighted by Gasteiger charge is -1.97. The first-order chi connectivity index (χ1) is 6.70. The molecule has 6 heteroatoms. The van der Waals surface area contributed by atoms with Gasteiger partial charge < -0.3 is 0 Å². The van der Waals surface area contributed by atoms with Crippen LogP contribution in [0.1, 0.15) is 15.5 Å². The molecule has 0 unspecified atom stereocenters. The Hall–Kier alpha value is -1.01. The molecule has 0 amide bonds. The number of hydrogen-bond acceptors (Lipinski definition) is 4. The molecule has 0 aromatic carbocycles. The summed E-state index contributed by atoms with van der Waals surface area (Å²) in [6.45, 7) is 0. The molecule has 0 N–H and O–H groups in total. The minimum atomic E-state index is -0.105. The molecule has 4 nitrogen and oxygen atoms in total. The van der Waals surface area contributed by atoms with Crippen molar-refractivity contribution in [1.82, 2.24) is 14.8 Å². The van der Waals surface area contributed by atoms with Gasteiger partial charge in [-0.1, -0.05) is 0 Å². The van der Waals surface area contributed by atoms with Gasteiger partial charge in [-0.2, -0.15) is 5.10 Å². The number of nitrogens with zero attached hydrogens (tertiary/aromatic N) is 3. The molecule has 0 saturated heterocycles. The van der Waals surface area contributed by atoms with Gasteiger partial charge in [0.1, 0.15) is 6.33 Å². The lowest BCUT2D eigenvalue weighted by Crippen LogP contribution is -2.08. The highest BCUT2D eigenvalue weighted by Crippen LogP contribution is 2.24. The fourth-order valence-corrected chi connectivity index (χ4v) is 2.55. The van der Waals surface area contributed by atoms with Gasteiger partial charge in [-0.3, -0.25) is 4.79 Å². The van der Waals surface area contributed by atoms with Gasteiger partial charge in [0.25, 0.3) is 0 Å². The normalized spacial score (nSPS) is 10.4.